The Labute approximate surface area is 200 Å². The Balaban J connectivity index is 1.18. The highest BCUT2D eigenvalue weighted by Crippen LogP contribution is 2.28. The number of nitrogens with zero attached hydrogens (tertiary/aromatic N) is 2. The number of sulfonamides is 1. The molecule has 0 atom stereocenters. The van der Waals surface area contributed by atoms with Crippen molar-refractivity contribution in [3.05, 3.63) is 71.8 Å². The van der Waals surface area contributed by atoms with Gasteiger partial charge in [0.05, 0.1) is 11.5 Å². The Morgan fingerprint density at radius 2 is 1.74 bits per heavy atom. The third-order valence-corrected chi connectivity index (χ3v) is 8.84. The Morgan fingerprint density at radius 1 is 0.971 bits per heavy atom. The van der Waals surface area contributed by atoms with Gasteiger partial charge >= 0.3 is 0 Å². The van der Waals surface area contributed by atoms with E-state index in [1.54, 1.807) is 16.4 Å². The summed E-state index contributed by atoms with van der Waals surface area (Å²) < 4.78 is 34.1. The molecular formula is C26H30N4O3S. The van der Waals surface area contributed by atoms with Gasteiger partial charge in [0.1, 0.15) is 5.75 Å². The molecule has 0 aliphatic carbocycles. The Morgan fingerprint density at radius 3 is 2.50 bits per heavy atom. The van der Waals surface area contributed by atoms with Crippen molar-refractivity contribution < 1.29 is 13.2 Å². The van der Waals surface area contributed by atoms with E-state index in [2.05, 4.69) is 6.07 Å². The normalized spacial score (nSPS) is 17.5. The van der Waals surface area contributed by atoms with E-state index < -0.39 is 10.0 Å². The molecule has 0 saturated carbocycles. The number of rotatable bonds is 5. The summed E-state index contributed by atoms with van der Waals surface area (Å²) in [6.07, 6.45) is 2.42. The molecule has 0 radical (unpaired) electrons. The van der Waals surface area contributed by atoms with Gasteiger partial charge in [0.25, 0.3) is 0 Å². The Hall–Kier alpha value is -3.10. The second kappa shape index (κ2) is 9.27. The fourth-order valence-corrected chi connectivity index (χ4v) is 6.34. The zero-order valence-corrected chi connectivity index (χ0v) is 19.9. The summed E-state index contributed by atoms with van der Waals surface area (Å²) in [5.74, 6) is 1.23. The average Bonchev–Trinajstić information content (AvgIpc) is 2.87. The first-order valence-corrected chi connectivity index (χ1v) is 13.2. The van der Waals surface area contributed by atoms with Crippen LogP contribution in [0.25, 0.3) is 10.8 Å². The molecule has 7 nitrogen and oxygen atoms in total. The smallest absolute Gasteiger partial charge is 0.243 e. The van der Waals surface area contributed by atoms with E-state index in [4.69, 9.17) is 15.9 Å². The molecule has 2 heterocycles. The molecule has 2 aliphatic rings. The van der Waals surface area contributed by atoms with Gasteiger partial charge in [0.2, 0.25) is 10.0 Å². The van der Waals surface area contributed by atoms with Crippen molar-refractivity contribution >= 4 is 26.8 Å². The Bertz CT molecular complexity index is 1320. The van der Waals surface area contributed by atoms with E-state index in [1.165, 1.54) is 5.56 Å². The largest absolute Gasteiger partial charge is 0.493 e. The Kier molecular flexibility index (Phi) is 6.18. The van der Waals surface area contributed by atoms with Crippen LogP contribution >= 0.6 is 0 Å². The maximum atomic E-state index is 13.2. The molecule has 0 amide bonds. The number of benzene rings is 3. The second-order valence-electron chi connectivity index (χ2n) is 9.15. The number of nitrogens with two attached hydrogens (primary N) is 1. The van der Waals surface area contributed by atoms with Crippen LogP contribution in [0.1, 0.15) is 24.0 Å². The highest BCUT2D eigenvalue weighted by Gasteiger charge is 2.30. The first-order chi connectivity index (χ1) is 16.4. The van der Waals surface area contributed by atoms with Crippen LogP contribution in [-0.2, 0) is 23.0 Å². The lowest BCUT2D eigenvalue weighted by Gasteiger charge is -2.31. The molecule has 3 aromatic carbocycles. The zero-order valence-electron chi connectivity index (χ0n) is 19.1. The van der Waals surface area contributed by atoms with Gasteiger partial charge in [-0.3, -0.25) is 5.41 Å². The maximum Gasteiger partial charge on any atom is 0.243 e. The number of hydrogen-bond acceptors (Lipinski definition) is 4. The first-order valence-electron chi connectivity index (χ1n) is 11.7. The number of fused-ring (bicyclic) bond motifs is 2. The van der Waals surface area contributed by atoms with E-state index in [9.17, 15) is 8.42 Å². The standard InChI is InChI=1S/C26H30N4O3S/c27-26(28)29-12-11-21-5-7-24(15-23(21)17-29)33-18-19-9-13-30(14-10-19)34(31,32)25-8-6-20-3-1-2-4-22(20)16-25/h1-8,15-16,19H,9-14,17-18H2,(H3,27,28). The van der Waals surface area contributed by atoms with Crippen molar-refractivity contribution in [1.82, 2.24) is 9.21 Å². The number of nitrogens with one attached hydrogen (secondary N) is 1. The van der Waals surface area contributed by atoms with Crippen LogP contribution in [0.2, 0.25) is 0 Å². The van der Waals surface area contributed by atoms with Crippen LogP contribution in [0.15, 0.2) is 65.6 Å². The predicted molar refractivity (Wildman–Crippen MR) is 133 cm³/mol. The molecule has 0 unspecified atom stereocenters. The quantitative estimate of drug-likeness (QED) is 0.431. The van der Waals surface area contributed by atoms with Crippen molar-refractivity contribution in [1.29, 1.82) is 5.41 Å². The summed E-state index contributed by atoms with van der Waals surface area (Å²) in [6, 6.07) is 19.3. The fourth-order valence-electron chi connectivity index (χ4n) is 4.84. The molecule has 3 N–H and O–H groups in total. The summed E-state index contributed by atoms with van der Waals surface area (Å²) in [7, 11) is -3.51. The third kappa shape index (κ3) is 4.60. The van der Waals surface area contributed by atoms with E-state index in [0.29, 0.717) is 37.1 Å². The van der Waals surface area contributed by atoms with E-state index in [1.807, 2.05) is 47.4 Å². The average molecular weight is 479 g/mol. The van der Waals surface area contributed by atoms with Gasteiger partial charge < -0.3 is 15.4 Å². The van der Waals surface area contributed by atoms with Crippen LogP contribution in [0.5, 0.6) is 5.75 Å². The maximum absolute atomic E-state index is 13.2. The summed E-state index contributed by atoms with van der Waals surface area (Å²) in [5.41, 5.74) is 8.08. The molecule has 0 aromatic heterocycles. The van der Waals surface area contributed by atoms with E-state index in [0.717, 1.165) is 47.9 Å². The first kappa shape index (κ1) is 22.7. The van der Waals surface area contributed by atoms with Gasteiger partial charge in [-0.1, -0.05) is 36.4 Å². The monoisotopic (exact) mass is 478 g/mol. The van der Waals surface area contributed by atoms with Crippen LogP contribution in [0, 0.1) is 11.3 Å². The minimum Gasteiger partial charge on any atom is -0.493 e. The van der Waals surface area contributed by atoms with Crippen molar-refractivity contribution in [2.75, 3.05) is 26.2 Å². The van der Waals surface area contributed by atoms with E-state index >= 15 is 0 Å². The molecule has 0 bridgehead atoms. The molecular weight excluding hydrogens is 448 g/mol. The molecule has 1 saturated heterocycles. The van der Waals surface area contributed by atoms with Gasteiger partial charge in [-0.25, -0.2) is 8.42 Å². The van der Waals surface area contributed by atoms with Crippen LogP contribution < -0.4 is 10.5 Å². The third-order valence-electron chi connectivity index (χ3n) is 6.95. The minimum absolute atomic E-state index is 0.0994. The van der Waals surface area contributed by atoms with Crippen molar-refractivity contribution in [3.8, 4) is 5.75 Å². The number of ether oxygens (including phenoxy) is 1. The number of hydrogen-bond donors (Lipinski definition) is 2. The lowest BCUT2D eigenvalue weighted by Crippen LogP contribution is -2.40. The highest BCUT2D eigenvalue weighted by molar-refractivity contribution is 7.89. The van der Waals surface area contributed by atoms with Gasteiger partial charge in [0.15, 0.2) is 5.96 Å². The van der Waals surface area contributed by atoms with Crippen molar-refractivity contribution in [2.24, 2.45) is 11.7 Å². The summed E-state index contributed by atoms with van der Waals surface area (Å²) in [6.45, 7) is 2.97. The number of guanidine groups is 1. The van der Waals surface area contributed by atoms with Gasteiger partial charge in [-0.15, -0.1) is 0 Å². The fraction of sp³-hybridized carbons (Fsp3) is 0.346. The summed E-state index contributed by atoms with van der Waals surface area (Å²) in [5, 5.41) is 9.64. The molecule has 2 aliphatic heterocycles. The van der Waals surface area contributed by atoms with Crippen LogP contribution in [0.3, 0.4) is 0 Å². The number of piperidine rings is 1. The molecule has 5 rings (SSSR count). The van der Waals surface area contributed by atoms with Crippen molar-refractivity contribution in [3.63, 3.8) is 0 Å². The minimum atomic E-state index is -3.51. The van der Waals surface area contributed by atoms with Crippen LogP contribution in [0.4, 0.5) is 0 Å². The molecule has 1 fully saturated rings. The van der Waals surface area contributed by atoms with E-state index in [-0.39, 0.29) is 5.96 Å². The molecule has 34 heavy (non-hydrogen) atoms. The van der Waals surface area contributed by atoms with Gasteiger partial charge in [-0.05, 0) is 71.3 Å². The summed E-state index contributed by atoms with van der Waals surface area (Å²) in [4.78, 5) is 2.22. The van der Waals surface area contributed by atoms with Gasteiger partial charge in [-0.2, -0.15) is 4.31 Å². The predicted octanol–water partition coefficient (Wildman–Crippen LogP) is 3.57. The zero-order chi connectivity index (χ0) is 23.7. The molecule has 0 spiro atoms. The molecule has 8 heteroatoms. The van der Waals surface area contributed by atoms with Crippen molar-refractivity contribution in [2.45, 2.75) is 30.7 Å². The highest BCUT2D eigenvalue weighted by atomic mass is 32.2. The molecule has 3 aromatic rings. The van der Waals surface area contributed by atoms with Gasteiger partial charge in [0, 0.05) is 26.2 Å². The lowest BCUT2D eigenvalue weighted by molar-refractivity contribution is 0.185. The molecule has 178 valence electrons. The SMILES string of the molecule is N=C(N)N1CCc2ccc(OCC3CCN(S(=O)(=O)c4ccc5ccccc5c4)CC3)cc2C1. The topological polar surface area (TPSA) is 99.7 Å². The second-order valence-corrected chi connectivity index (χ2v) is 11.1. The summed E-state index contributed by atoms with van der Waals surface area (Å²) >= 11 is 0. The lowest BCUT2D eigenvalue weighted by atomic mass is 9.98. The van der Waals surface area contributed by atoms with Crippen LogP contribution in [-0.4, -0.2) is 49.8 Å².